The lowest BCUT2D eigenvalue weighted by Gasteiger charge is -2.13. The molecule has 1 saturated heterocycles. The van der Waals surface area contributed by atoms with Crippen LogP contribution in [0.2, 0.25) is 0 Å². The van der Waals surface area contributed by atoms with Gasteiger partial charge in [0.2, 0.25) is 0 Å². The van der Waals surface area contributed by atoms with Crippen molar-refractivity contribution in [2.24, 2.45) is 5.92 Å². The van der Waals surface area contributed by atoms with E-state index in [1.807, 2.05) is 11.8 Å². The molecule has 6 heteroatoms. The lowest BCUT2D eigenvalue weighted by Crippen LogP contribution is -2.12. The number of rotatable bonds is 4. The van der Waals surface area contributed by atoms with Crippen LogP contribution in [0.5, 0.6) is 5.75 Å². The van der Waals surface area contributed by atoms with E-state index in [4.69, 9.17) is 16.3 Å². The number of aromatic nitrogens is 2. The zero-order valence-electron chi connectivity index (χ0n) is 11.2. The maximum absolute atomic E-state index is 13.8. The van der Waals surface area contributed by atoms with Crippen LogP contribution in [-0.4, -0.2) is 28.2 Å². The molecule has 1 atom stereocenters. The Bertz CT molecular complexity index is 625. The Balaban J connectivity index is 2.06. The third-order valence-corrected chi connectivity index (χ3v) is 5.16. The normalized spacial score (nSPS) is 18.9. The Hall–Kier alpha value is -0.940. The second kappa shape index (κ2) is 5.82. The Morgan fingerprint density at radius 2 is 2.40 bits per heavy atom. The van der Waals surface area contributed by atoms with E-state index in [0.29, 0.717) is 17.3 Å². The minimum atomic E-state index is -0.387. The SMILES string of the molecule is COc1cc2c(cc1F)nc(CCl)n2CC1CCSC1. The molecule has 108 valence electrons. The van der Waals surface area contributed by atoms with Gasteiger partial charge in [-0.2, -0.15) is 11.8 Å². The van der Waals surface area contributed by atoms with Gasteiger partial charge in [-0.1, -0.05) is 0 Å². The van der Waals surface area contributed by atoms with Crippen LogP contribution in [0.4, 0.5) is 4.39 Å². The van der Waals surface area contributed by atoms with Crippen molar-refractivity contribution in [2.75, 3.05) is 18.6 Å². The van der Waals surface area contributed by atoms with Gasteiger partial charge in [0, 0.05) is 18.7 Å². The van der Waals surface area contributed by atoms with Crippen molar-refractivity contribution in [3.05, 3.63) is 23.8 Å². The summed E-state index contributed by atoms with van der Waals surface area (Å²) in [5.74, 6) is 4.01. The van der Waals surface area contributed by atoms with Crippen molar-refractivity contribution in [1.29, 1.82) is 0 Å². The summed E-state index contributed by atoms with van der Waals surface area (Å²) in [6.07, 6.45) is 1.21. The lowest BCUT2D eigenvalue weighted by atomic mass is 10.1. The Morgan fingerprint density at radius 1 is 1.55 bits per heavy atom. The van der Waals surface area contributed by atoms with Gasteiger partial charge in [-0.25, -0.2) is 9.37 Å². The smallest absolute Gasteiger partial charge is 0.167 e. The number of benzene rings is 1. The van der Waals surface area contributed by atoms with Gasteiger partial charge in [0.1, 0.15) is 5.82 Å². The van der Waals surface area contributed by atoms with E-state index in [-0.39, 0.29) is 11.6 Å². The third-order valence-electron chi connectivity index (χ3n) is 3.69. The minimum Gasteiger partial charge on any atom is -0.494 e. The highest BCUT2D eigenvalue weighted by Gasteiger charge is 2.20. The fourth-order valence-electron chi connectivity index (χ4n) is 2.62. The number of nitrogens with zero attached hydrogens (tertiary/aromatic N) is 2. The van der Waals surface area contributed by atoms with Crippen molar-refractivity contribution < 1.29 is 9.13 Å². The Kier molecular flexibility index (Phi) is 4.08. The molecule has 0 amide bonds. The van der Waals surface area contributed by atoms with Crippen LogP contribution in [-0.2, 0) is 12.4 Å². The second-order valence-corrected chi connectivity index (χ2v) is 6.39. The summed E-state index contributed by atoms with van der Waals surface area (Å²) >= 11 is 7.97. The number of ether oxygens (including phenoxy) is 1. The van der Waals surface area contributed by atoms with E-state index < -0.39 is 0 Å². The first kappa shape index (κ1) is 14.0. The molecule has 0 spiro atoms. The summed E-state index contributed by atoms with van der Waals surface area (Å²) in [4.78, 5) is 4.44. The highest BCUT2D eigenvalue weighted by Crippen LogP contribution is 2.30. The molecule has 1 aromatic carbocycles. The molecule has 0 N–H and O–H groups in total. The van der Waals surface area contributed by atoms with Gasteiger partial charge in [-0.15, -0.1) is 11.6 Å². The monoisotopic (exact) mass is 314 g/mol. The van der Waals surface area contributed by atoms with Gasteiger partial charge in [-0.3, -0.25) is 0 Å². The zero-order valence-corrected chi connectivity index (χ0v) is 12.8. The van der Waals surface area contributed by atoms with Crippen molar-refractivity contribution >= 4 is 34.4 Å². The van der Waals surface area contributed by atoms with Gasteiger partial charge < -0.3 is 9.30 Å². The average Bonchev–Trinajstić information content (AvgIpc) is 3.06. The van der Waals surface area contributed by atoms with Gasteiger partial charge in [0.15, 0.2) is 11.6 Å². The Morgan fingerprint density at radius 3 is 3.05 bits per heavy atom. The molecule has 0 radical (unpaired) electrons. The number of methoxy groups -OCH3 is 1. The highest BCUT2D eigenvalue weighted by molar-refractivity contribution is 7.99. The molecule has 20 heavy (non-hydrogen) atoms. The first-order valence-electron chi connectivity index (χ1n) is 6.59. The molecule has 1 aliphatic rings. The number of imidazole rings is 1. The summed E-state index contributed by atoms with van der Waals surface area (Å²) in [7, 11) is 1.47. The summed E-state index contributed by atoms with van der Waals surface area (Å²) in [6.45, 7) is 0.889. The fourth-order valence-corrected chi connectivity index (χ4v) is 4.10. The lowest BCUT2D eigenvalue weighted by molar-refractivity contribution is 0.387. The molecular formula is C14H16ClFN2OS. The van der Waals surface area contributed by atoms with Crippen LogP contribution >= 0.6 is 23.4 Å². The second-order valence-electron chi connectivity index (χ2n) is 4.98. The predicted molar refractivity (Wildman–Crippen MR) is 81.2 cm³/mol. The van der Waals surface area contributed by atoms with Gasteiger partial charge in [-0.05, 0) is 23.8 Å². The molecule has 1 aromatic heterocycles. The standard InChI is InChI=1S/C14H16ClFN2OS/c1-19-13-5-12-11(4-10(13)16)17-14(6-15)18(12)7-9-2-3-20-8-9/h4-5,9H,2-3,6-8H2,1H3. The topological polar surface area (TPSA) is 27.1 Å². The molecule has 2 aromatic rings. The Labute approximate surface area is 126 Å². The summed E-state index contributed by atoms with van der Waals surface area (Å²) in [6, 6.07) is 3.14. The summed E-state index contributed by atoms with van der Waals surface area (Å²) < 4.78 is 20.9. The van der Waals surface area contributed by atoms with Crippen LogP contribution in [0.1, 0.15) is 12.2 Å². The zero-order chi connectivity index (χ0) is 14.1. The quantitative estimate of drug-likeness (QED) is 0.806. The first-order valence-corrected chi connectivity index (χ1v) is 8.28. The van der Waals surface area contributed by atoms with E-state index in [9.17, 15) is 4.39 Å². The molecule has 1 unspecified atom stereocenters. The molecule has 3 nitrogen and oxygen atoms in total. The number of alkyl halides is 1. The largest absolute Gasteiger partial charge is 0.494 e. The third kappa shape index (κ3) is 2.49. The van der Waals surface area contributed by atoms with Crippen molar-refractivity contribution in [2.45, 2.75) is 18.8 Å². The molecule has 0 saturated carbocycles. The van der Waals surface area contributed by atoms with Crippen LogP contribution in [0, 0.1) is 11.7 Å². The molecule has 1 fully saturated rings. The fraction of sp³-hybridized carbons (Fsp3) is 0.500. The molecule has 2 heterocycles. The number of fused-ring (bicyclic) bond motifs is 1. The van der Waals surface area contributed by atoms with E-state index in [2.05, 4.69) is 9.55 Å². The van der Waals surface area contributed by atoms with E-state index >= 15 is 0 Å². The first-order chi connectivity index (χ1) is 9.72. The van der Waals surface area contributed by atoms with Gasteiger partial charge >= 0.3 is 0 Å². The van der Waals surface area contributed by atoms with Crippen LogP contribution in [0.25, 0.3) is 11.0 Å². The molecule has 0 aliphatic carbocycles. The molecule has 0 bridgehead atoms. The number of halogens is 2. The van der Waals surface area contributed by atoms with Crippen LogP contribution < -0.4 is 4.74 Å². The number of thioether (sulfide) groups is 1. The maximum atomic E-state index is 13.8. The maximum Gasteiger partial charge on any atom is 0.167 e. The van der Waals surface area contributed by atoms with Crippen molar-refractivity contribution in [3.63, 3.8) is 0 Å². The van der Waals surface area contributed by atoms with E-state index in [1.54, 1.807) is 6.07 Å². The average molecular weight is 315 g/mol. The molecule has 3 rings (SSSR count). The number of hydrogen-bond donors (Lipinski definition) is 0. The predicted octanol–water partition coefficient (Wildman–Crippen LogP) is 3.68. The van der Waals surface area contributed by atoms with Crippen molar-refractivity contribution in [3.8, 4) is 5.75 Å². The van der Waals surface area contributed by atoms with Gasteiger partial charge in [0.05, 0.1) is 24.0 Å². The molecular weight excluding hydrogens is 299 g/mol. The van der Waals surface area contributed by atoms with E-state index in [0.717, 1.165) is 17.9 Å². The van der Waals surface area contributed by atoms with Crippen LogP contribution in [0.3, 0.4) is 0 Å². The molecule has 1 aliphatic heterocycles. The minimum absolute atomic E-state index is 0.251. The highest BCUT2D eigenvalue weighted by atomic mass is 35.5. The van der Waals surface area contributed by atoms with Crippen molar-refractivity contribution in [1.82, 2.24) is 9.55 Å². The summed E-state index contributed by atoms with van der Waals surface area (Å²) in [5, 5.41) is 0. The van der Waals surface area contributed by atoms with Gasteiger partial charge in [0.25, 0.3) is 0 Å². The number of hydrogen-bond acceptors (Lipinski definition) is 3. The van der Waals surface area contributed by atoms with Crippen LogP contribution in [0.15, 0.2) is 12.1 Å². The summed E-state index contributed by atoms with van der Waals surface area (Å²) in [5.41, 5.74) is 1.54. The van der Waals surface area contributed by atoms with E-state index in [1.165, 1.54) is 31.1 Å².